The van der Waals surface area contributed by atoms with E-state index >= 15 is 0 Å². The molecule has 0 spiro atoms. The van der Waals surface area contributed by atoms with Gasteiger partial charge < -0.3 is 4.74 Å². The minimum atomic E-state index is -0.409. The van der Waals surface area contributed by atoms with Gasteiger partial charge in [-0.15, -0.1) is 0 Å². The molecule has 0 bridgehead atoms. The summed E-state index contributed by atoms with van der Waals surface area (Å²) >= 11 is 0. The van der Waals surface area contributed by atoms with Gasteiger partial charge in [0.15, 0.2) is 0 Å². The van der Waals surface area contributed by atoms with E-state index in [1.165, 1.54) is 10.5 Å². The number of ether oxygens (including phenoxy) is 1. The molecule has 3 rings (SSSR count). The SMILES string of the molecule is Cc1cccc(CCc2ccc(OC(=O)N(C)c3ccccc3)cc2)n1. The largest absolute Gasteiger partial charge is 0.419 e. The lowest BCUT2D eigenvalue weighted by molar-refractivity contribution is 0.209. The molecule has 4 heteroatoms. The van der Waals surface area contributed by atoms with Crippen LogP contribution in [-0.2, 0) is 12.8 Å². The summed E-state index contributed by atoms with van der Waals surface area (Å²) in [5, 5.41) is 0. The molecule has 2 aromatic carbocycles. The lowest BCUT2D eigenvalue weighted by Crippen LogP contribution is -2.29. The normalized spacial score (nSPS) is 10.4. The number of para-hydroxylation sites is 1. The van der Waals surface area contributed by atoms with Gasteiger partial charge in [-0.2, -0.15) is 0 Å². The predicted octanol–water partition coefficient (Wildman–Crippen LogP) is 4.81. The van der Waals surface area contributed by atoms with E-state index in [4.69, 9.17) is 4.74 Å². The maximum absolute atomic E-state index is 12.2. The van der Waals surface area contributed by atoms with Crippen LogP contribution in [0.2, 0.25) is 0 Å². The monoisotopic (exact) mass is 346 g/mol. The van der Waals surface area contributed by atoms with E-state index in [2.05, 4.69) is 4.98 Å². The van der Waals surface area contributed by atoms with Crippen molar-refractivity contribution >= 4 is 11.8 Å². The van der Waals surface area contributed by atoms with E-state index in [0.29, 0.717) is 5.75 Å². The van der Waals surface area contributed by atoms with Gasteiger partial charge in [0.25, 0.3) is 0 Å². The molecule has 0 saturated carbocycles. The molecule has 0 fully saturated rings. The molecule has 0 aliphatic rings. The molecule has 1 heterocycles. The van der Waals surface area contributed by atoms with Gasteiger partial charge in [-0.05, 0) is 61.7 Å². The van der Waals surface area contributed by atoms with Crippen LogP contribution < -0.4 is 9.64 Å². The zero-order valence-corrected chi connectivity index (χ0v) is 15.1. The number of anilines is 1. The second-order valence-electron chi connectivity index (χ2n) is 6.18. The molecule has 4 nitrogen and oxygen atoms in total. The van der Waals surface area contributed by atoms with Crippen molar-refractivity contribution in [2.45, 2.75) is 19.8 Å². The summed E-state index contributed by atoms with van der Waals surface area (Å²) in [6.07, 6.45) is 1.37. The Kier molecular flexibility index (Phi) is 5.64. The molecule has 1 amide bonds. The molecule has 132 valence electrons. The number of carbonyl (C=O) groups excluding carboxylic acids is 1. The van der Waals surface area contributed by atoms with Crippen LogP contribution in [0, 0.1) is 6.92 Å². The summed E-state index contributed by atoms with van der Waals surface area (Å²) in [5.74, 6) is 0.537. The Hall–Kier alpha value is -3.14. The third kappa shape index (κ3) is 4.70. The lowest BCUT2D eigenvalue weighted by atomic mass is 10.1. The number of aromatic nitrogens is 1. The predicted molar refractivity (Wildman–Crippen MR) is 104 cm³/mol. The molecule has 0 atom stereocenters. The lowest BCUT2D eigenvalue weighted by Gasteiger charge is -2.16. The number of pyridine rings is 1. The number of amides is 1. The van der Waals surface area contributed by atoms with Crippen LogP contribution in [0.4, 0.5) is 10.5 Å². The van der Waals surface area contributed by atoms with Crippen molar-refractivity contribution in [3.63, 3.8) is 0 Å². The number of nitrogens with zero attached hydrogens (tertiary/aromatic N) is 2. The fourth-order valence-corrected chi connectivity index (χ4v) is 2.66. The third-order valence-corrected chi connectivity index (χ3v) is 4.16. The first kappa shape index (κ1) is 17.7. The molecule has 0 aliphatic carbocycles. The van der Waals surface area contributed by atoms with E-state index in [-0.39, 0.29) is 0 Å². The van der Waals surface area contributed by atoms with Crippen LogP contribution in [0.1, 0.15) is 17.0 Å². The van der Waals surface area contributed by atoms with Crippen molar-refractivity contribution in [3.8, 4) is 5.75 Å². The van der Waals surface area contributed by atoms with Crippen molar-refractivity contribution in [2.24, 2.45) is 0 Å². The Balaban J connectivity index is 1.56. The third-order valence-electron chi connectivity index (χ3n) is 4.16. The van der Waals surface area contributed by atoms with Gasteiger partial charge in [0, 0.05) is 24.1 Å². The van der Waals surface area contributed by atoms with Crippen LogP contribution in [0.3, 0.4) is 0 Å². The summed E-state index contributed by atoms with van der Waals surface area (Å²) in [6.45, 7) is 2.00. The van der Waals surface area contributed by atoms with Crippen molar-refractivity contribution in [1.29, 1.82) is 0 Å². The molecule has 0 unspecified atom stereocenters. The molecule has 3 aromatic rings. The molecular weight excluding hydrogens is 324 g/mol. The van der Waals surface area contributed by atoms with Crippen molar-refractivity contribution in [2.75, 3.05) is 11.9 Å². The zero-order valence-electron chi connectivity index (χ0n) is 15.1. The minimum Gasteiger partial charge on any atom is -0.410 e. The number of hydrogen-bond donors (Lipinski definition) is 0. The fraction of sp³-hybridized carbons (Fsp3) is 0.182. The molecule has 0 saturated heterocycles. The second-order valence-corrected chi connectivity index (χ2v) is 6.18. The number of aryl methyl sites for hydroxylation is 3. The molecule has 0 aliphatic heterocycles. The van der Waals surface area contributed by atoms with Gasteiger partial charge in [-0.1, -0.05) is 36.4 Å². The number of benzene rings is 2. The first-order valence-electron chi connectivity index (χ1n) is 8.64. The highest BCUT2D eigenvalue weighted by molar-refractivity contribution is 5.88. The Labute approximate surface area is 154 Å². The van der Waals surface area contributed by atoms with Crippen LogP contribution in [0.5, 0.6) is 5.75 Å². The average molecular weight is 346 g/mol. The maximum Gasteiger partial charge on any atom is 0.419 e. The first-order valence-corrected chi connectivity index (χ1v) is 8.64. The number of hydrogen-bond acceptors (Lipinski definition) is 3. The molecular formula is C22H22N2O2. The summed E-state index contributed by atoms with van der Waals surface area (Å²) < 4.78 is 5.44. The van der Waals surface area contributed by atoms with Gasteiger partial charge in [0.1, 0.15) is 5.75 Å². The highest BCUT2D eigenvalue weighted by atomic mass is 16.6. The van der Waals surface area contributed by atoms with Crippen molar-refractivity contribution in [1.82, 2.24) is 4.98 Å². The topological polar surface area (TPSA) is 42.4 Å². The van der Waals surface area contributed by atoms with E-state index < -0.39 is 6.09 Å². The van der Waals surface area contributed by atoms with Crippen molar-refractivity contribution < 1.29 is 9.53 Å². The van der Waals surface area contributed by atoms with E-state index in [1.54, 1.807) is 7.05 Å². The standard InChI is InChI=1S/C22H22N2O2/c1-17-7-6-8-19(23-17)14-11-18-12-15-21(16-13-18)26-22(25)24(2)20-9-4-3-5-10-20/h3-10,12-13,15-16H,11,14H2,1-2H3. The van der Waals surface area contributed by atoms with Gasteiger partial charge in [0.05, 0.1) is 0 Å². The summed E-state index contributed by atoms with van der Waals surface area (Å²) in [6, 6.07) is 23.1. The minimum absolute atomic E-state index is 0.409. The fourth-order valence-electron chi connectivity index (χ4n) is 2.66. The van der Waals surface area contributed by atoms with Crippen LogP contribution in [0.15, 0.2) is 72.8 Å². The van der Waals surface area contributed by atoms with Crippen LogP contribution >= 0.6 is 0 Å². The highest BCUT2D eigenvalue weighted by Crippen LogP contribution is 2.17. The van der Waals surface area contributed by atoms with Gasteiger partial charge in [-0.25, -0.2) is 4.79 Å². The Morgan fingerprint density at radius 2 is 1.65 bits per heavy atom. The molecule has 26 heavy (non-hydrogen) atoms. The Morgan fingerprint density at radius 3 is 2.35 bits per heavy atom. The molecule has 1 aromatic heterocycles. The van der Waals surface area contributed by atoms with Crippen LogP contribution in [-0.4, -0.2) is 18.1 Å². The van der Waals surface area contributed by atoms with Crippen LogP contribution in [0.25, 0.3) is 0 Å². The van der Waals surface area contributed by atoms with E-state index in [9.17, 15) is 4.79 Å². The zero-order chi connectivity index (χ0) is 18.4. The summed E-state index contributed by atoms with van der Waals surface area (Å²) in [7, 11) is 1.70. The smallest absolute Gasteiger partial charge is 0.410 e. The average Bonchev–Trinajstić information content (AvgIpc) is 2.67. The van der Waals surface area contributed by atoms with Gasteiger partial charge >= 0.3 is 6.09 Å². The Bertz CT molecular complexity index is 861. The molecule has 0 radical (unpaired) electrons. The van der Waals surface area contributed by atoms with E-state index in [0.717, 1.165) is 29.9 Å². The second kappa shape index (κ2) is 8.30. The quantitative estimate of drug-likeness (QED) is 0.666. The molecule has 0 N–H and O–H groups in total. The van der Waals surface area contributed by atoms with Crippen molar-refractivity contribution in [3.05, 3.63) is 89.7 Å². The Morgan fingerprint density at radius 1 is 0.923 bits per heavy atom. The highest BCUT2D eigenvalue weighted by Gasteiger charge is 2.12. The van der Waals surface area contributed by atoms with Gasteiger partial charge in [0.2, 0.25) is 0 Å². The van der Waals surface area contributed by atoms with E-state index in [1.807, 2.05) is 79.7 Å². The number of carbonyl (C=O) groups is 1. The maximum atomic E-state index is 12.2. The van der Waals surface area contributed by atoms with Gasteiger partial charge in [-0.3, -0.25) is 9.88 Å². The summed E-state index contributed by atoms with van der Waals surface area (Å²) in [4.78, 5) is 18.2. The first-order chi connectivity index (χ1) is 12.6. The summed E-state index contributed by atoms with van der Waals surface area (Å²) in [5.41, 5.74) is 4.10. The number of rotatable bonds is 5.